The first-order chi connectivity index (χ1) is 17.6. The highest BCUT2D eigenvalue weighted by Gasteiger charge is 2.32. The van der Waals surface area contributed by atoms with Crippen molar-refractivity contribution in [2.75, 3.05) is 19.5 Å². The van der Waals surface area contributed by atoms with Crippen LogP contribution >= 0.6 is 11.8 Å². The number of carbonyl (C=O) groups excluding carboxylic acids is 2. The van der Waals surface area contributed by atoms with Gasteiger partial charge in [0.05, 0.1) is 19.1 Å². The van der Waals surface area contributed by atoms with Gasteiger partial charge in [0, 0.05) is 12.1 Å². The predicted octanol–water partition coefficient (Wildman–Crippen LogP) is 4.80. The van der Waals surface area contributed by atoms with Gasteiger partial charge >= 0.3 is 0 Å². The Morgan fingerprint density at radius 3 is 2.64 bits per heavy atom. The molecule has 3 aromatic carbocycles. The van der Waals surface area contributed by atoms with Crippen LogP contribution in [0.5, 0.6) is 11.5 Å². The molecule has 3 aromatic rings. The van der Waals surface area contributed by atoms with Crippen molar-refractivity contribution >= 4 is 29.8 Å². The van der Waals surface area contributed by atoms with E-state index >= 15 is 0 Å². The van der Waals surface area contributed by atoms with Crippen LogP contribution in [0.15, 0.2) is 90.6 Å². The minimum atomic E-state index is -0.327. The van der Waals surface area contributed by atoms with Crippen LogP contribution in [-0.2, 0) is 11.3 Å². The van der Waals surface area contributed by atoms with E-state index < -0.39 is 0 Å². The first-order valence-electron chi connectivity index (χ1n) is 11.4. The number of hydrogen-bond donors (Lipinski definition) is 1. The SMILES string of the molecule is C=CCOc1ccc(/C=N\NC(=O)c2ccc([C@H]3SCC(=O)N3Cc3ccccc3)cc2)cc1OC. The van der Waals surface area contributed by atoms with Crippen LogP contribution in [0.25, 0.3) is 0 Å². The molecule has 1 saturated heterocycles. The van der Waals surface area contributed by atoms with Crippen LogP contribution in [0.3, 0.4) is 0 Å². The van der Waals surface area contributed by atoms with E-state index in [0.717, 1.165) is 16.7 Å². The molecule has 0 spiro atoms. The van der Waals surface area contributed by atoms with E-state index in [1.165, 1.54) is 6.21 Å². The predicted molar refractivity (Wildman–Crippen MR) is 142 cm³/mol. The van der Waals surface area contributed by atoms with Crippen LogP contribution in [0.2, 0.25) is 0 Å². The lowest BCUT2D eigenvalue weighted by molar-refractivity contribution is -0.128. The Bertz CT molecular complexity index is 1250. The van der Waals surface area contributed by atoms with E-state index in [4.69, 9.17) is 9.47 Å². The fourth-order valence-corrected chi connectivity index (χ4v) is 4.93. The molecule has 36 heavy (non-hydrogen) atoms. The van der Waals surface area contributed by atoms with Crippen LogP contribution in [0.4, 0.5) is 0 Å². The number of methoxy groups -OCH3 is 1. The number of ether oxygens (including phenoxy) is 2. The van der Waals surface area contributed by atoms with Gasteiger partial charge in [-0.3, -0.25) is 9.59 Å². The molecule has 1 aliphatic heterocycles. The standard InChI is InChI=1S/C28H27N3O4S/c1-3-15-35-24-14-9-21(16-25(24)34-2)17-29-30-27(33)22-10-12-23(13-11-22)28-31(26(32)19-36-28)18-20-7-5-4-6-8-20/h3-14,16-17,28H,1,15,18-19H2,2H3,(H,30,33)/b29-17-/t28-/m1/s1. The molecule has 4 rings (SSSR count). The van der Waals surface area contributed by atoms with Gasteiger partial charge in [0.1, 0.15) is 12.0 Å². The molecule has 7 nitrogen and oxygen atoms in total. The second-order valence-electron chi connectivity index (χ2n) is 8.00. The zero-order valence-corrected chi connectivity index (χ0v) is 20.7. The topological polar surface area (TPSA) is 80.2 Å². The number of benzene rings is 3. The van der Waals surface area contributed by atoms with Crippen LogP contribution in [0, 0.1) is 0 Å². The van der Waals surface area contributed by atoms with E-state index in [-0.39, 0.29) is 17.2 Å². The summed E-state index contributed by atoms with van der Waals surface area (Å²) >= 11 is 1.59. The van der Waals surface area contributed by atoms with Gasteiger partial charge in [-0.2, -0.15) is 5.10 Å². The lowest BCUT2D eigenvalue weighted by Gasteiger charge is -2.24. The number of amides is 2. The van der Waals surface area contributed by atoms with Crippen molar-refractivity contribution in [2.45, 2.75) is 11.9 Å². The smallest absolute Gasteiger partial charge is 0.271 e. The summed E-state index contributed by atoms with van der Waals surface area (Å²) in [5, 5.41) is 3.98. The van der Waals surface area contributed by atoms with Gasteiger partial charge in [-0.05, 0) is 47.0 Å². The maximum absolute atomic E-state index is 12.6. The molecule has 0 aliphatic carbocycles. The van der Waals surface area contributed by atoms with Gasteiger partial charge in [0.25, 0.3) is 5.91 Å². The van der Waals surface area contributed by atoms with E-state index in [1.54, 1.807) is 49.2 Å². The summed E-state index contributed by atoms with van der Waals surface area (Å²) in [6, 6.07) is 22.6. The summed E-state index contributed by atoms with van der Waals surface area (Å²) in [5.74, 6) is 1.39. The normalized spacial score (nSPS) is 15.2. The second kappa shape index (κ2) is 12.1. The Labute approximate surface area is 214 Å². The summed E-state index contributed by atoms with van der Waals surface area (Å²) < 4.78 is 10.9. The van der Waals surface area contributed by atoms with Crippen LogP contribution in [-0.4, -0.2) is 42.4 Å². The molecule has 1 fully saturated rings. The number of nitrogens with zero attached hydrogens (tertiary/aromatic N) is 2. The maximum atomic E-state index is 12.6. The van der Waals surface area contributed by atoms with Crippen molar-refractivity contribution in [1.29, 1.82) is 0 Å². The average Bonchev–Trinajstić information content (AvgIpc) is 3.28. The Hall–Kier alpha value is -4.04. The van der Waals surface area contributed by atoms with Gasteiger partial charge in [0.2, 0.25) is 5.91 Å². The third kappa shape index (κ3) is 6.14. The zero-order chi connectivity index (χ0) is 25.3. The molecule has 1 aliphatic rings. The van der Waals surface area contributed by atoms with Gasteiger partial charge < -0.3 is 14.4 Å². The van der Waals surface area contributed by atoms with Crippen molar-refractivity contribution in [1.82, 2.24) is 10.3 Å². The monoisotopic (exact) mass is 501 g/mol. The van der Waals surface area contributed by atoms with Crippen LogP contribution < -0.4 is 14.9 Å². The van der Waals surface area contributed by atoms with E-state index in [2.05, 4.69) is 17.1 Å². The fraction of sp³-hybridized carbons (Fsp3) is 0.179. The number of hydrogen-bond acceptors (Lipinski definition) is 6. The lowest BCUT2D eigenvalue weighted by atomic mass is 10.1. The first-order valence-corrected chi connectivity index (χ1v) is 12.4. The highest BCUT2D eigenvalue weighted by atomic mass is 32.2. The summed E-state index contributed by atoms with van der Waals surface area (Å²) in [6.07, 6.45) is 3.19. The molecule has 1 atom stereocenters. The molecule has 2 amide bonds. The molecular formula is C28H27N3O4S. The Balaban J connectivity index is 1.37. The lowest BCUT2D eigenvalue weighted by Crippen LogP contribution is -2.27. The average molecular weight is 502 g/mol. The summed E-state index contributed by atoms with van der Waals surface area (Å²) in [7, 11) is 1.56. The van der Waals surface area contributed by atoms with Crippen molar-refractivity contribution in [3.63, 3.8) is 0 Å². The van der Waals surface area contributed by atoms with Gasteiger partial charge in [-0.1, -0.05) is 55.1 Å². The quantitative estimate of drug-likeness (QED) is 0.245. The summed E-state index contributed by atoms with van der Waals surface area (Å²) in [4.78, 5) is 26.9. The van der Waals surface area contributed by atoms with Crippen molar-refractivity contribution in [3.8, 4) is 11.5 Å². The van der Waals surface area contributed by atoms with Gasteiger partial charge in [-0.25, -0.2) is 5.43 Å². The number of thioether (sulfide) groups is 1. The molecule has 0 radical (unpaired) electrons. The van der Waals surface area contributed by atoms with Crippen molar-refractivity contribution in [3.05, 3.63) is 108 Å². The number of rotatable bonds is 10. The summed E-state index contributed by atoms with van der Waals surface area (Å²) in [6.45, 7) is 4.56. The van der Waals surface area contributed by atoms with Gasteiger partial charge in [-0.15, -0.1) is 11.8 Å². The second-order valence-corrected chi connectivity index (χ2v) is 9.07. The van der Waals surface area contributed by atoms with Crippen molar-refractivity contribution in [2.24, 2.45) is 5.10 Å². The zero-order valence-electron chi connectivity index (χ0n) is 19.9. The minimum absolute atomic E-state index is 0.0822. The molecule has 0 unspecified atom stereocenters. The van der Waals surface area contributed by atoms with E-state index in [0.29, 0.717) is 36.0 Å². The fourth-order valence-electron chi connectivity index (χ4n) is 3.74. The number of nitrogens with one attached hydrogen (secondary N) is 1. The van der Waals surface area contributed by atoms with Crippen molar-refractivity contribution < 1.29 is 19.1 Å². The molecular weight excluding hydrogens is 474 g/mol. The molecule has 184 valence electrons. The molecule has 0 aromatic heterocycles. The highest BCUT2D eigenvalue weighted by Crippen LogP contribution is 2.39. The Kier molecular flexibility index (Phi) is 8.41. The molecule has 8 heteroatoms. The Morgan fingerprint density at radius 2 is 1.92 bits per heavy atom. The molecule has 1 N–H and O–H groups in total. The largest absolute Gasteiger partial charge is 0.493 e. The van der Waals surface area contributed by atoms with E-state index in [1.807, 2.05) is 53.4 Å². The Morgan fingerprint density at radius 1 is 1.14 bits per heavy atom. The van der Waals surface area contributed by atoms with Gasteiger partial charge in [0.15, 0.2) is 11.5 Å². The third-order valence-corrected chi connectivity index (χ3v) is 6.80. The number of hydrazone groups is 1. The minimum Gasteiger partial charge on any atom is -0.493 e. The molecule has 0 saturated carbocycles. The van der Waals surface area contributed by atoms with Crippen LogP contribution in [0.1, 0.15) is 32.4 Å². The maximum Gasteiger partial charge on any atom is 0.271 e. The highest BCUT2D eigenvalue weighted by molar-refractivity contribution is 8.00. The molecule has 0 bridgehead atoms. The van der Waals surface area contributed by atoms with E-state index in [9.17, 15) is 9.59 Å². The third-order valence-electron chi connectivity index (χ3n) is 5.55. The first kappa shape index (κ1) is 25.1. The summed E-state index contributed by atoms with van der Waals surface area (Å²) in [5.41, 5.74) is 5.84. The molecule has 1 heterocycles. The number of carbonyl (C=O) groups is 2.